The van der Waals surface area contributed by atoms with Crippen LogP contribution in [-0.2, 0) is 42.9 Å². The lowest BCUT2D eigenvalue weighted by atomic mass is 9.88. The summed E-state index contributed by atoms with van der Waals surface area (Å²) in [6, 6.07) is 25.2. The van der Waals surface area contributed by atoms with Gasteiger partial charge in [-0.3, -0.25) is 14.4 Å². The van der Waals surface area contributed by atoms with E-state index in [9.17, 15) is 19.2 Å². The molecule has 1 aliphatic rings. The van der Waals surface area contributed by atoms with Crippen molar-refractivity contribution < 1.29 is 52.3 Å². The number of benzene rings is 3. The molecular weight excluding hydrogens is 646 g/mol. The molecule has 0 amide bonds. The summed E-state index contributed by atoms with van der Waals surface area (Å²) >= 11 is 0. The van der Waals surface area contributed by atoms with E-state index in [4.69, 9.17) is 33.2 Å². The first kappa shape index (κ1) is 37.6. The van der Waals surface area contributed by atoms with Crippen molar-refractivity contribution >= 4 is 35.0 Å². The summed E-state index contributed by atoms with van der Waals surface area (Å²) in [5, 5.41) is 3.07. The molecule has 0 radical (unpaired) electrons. The number of hydrogen-bond acceptors (Lipinski definition) is 12. The van der Waals surface area contributed by atoms with Crippen LogP contribution < -0.4 is 14.8 Å². The Hall–Kier alpha value is -5.20. The van der Waals surface area contributed by atoms with E-state index in [0.717, 1.165) is 74.4 Å². The van der Waals surface area contributed by atoms with Crippen LogP contribution in [0.3, 0.4) is 0 Å². The molecule has 1 saturated heterocycles. The zero-order valence-electron chi connectivity index (χ0n) is 29.0. The maximum Gasteiger partial charge on any atom is 0.339 e. The molecule has 1 fully saturated rings. The number of allylic oxidation sites excluding steroid dienone is 1. The number of esters is 4. The van der Waals surface area contributed by atoms with Gasteiger partial charge in [0.25, 0.3) is 0 Å². The van der Waals surface area contributed by atoms with Gasteiger partial charge in [-0.25, -0.2) is 4.79 Å². The maximum absolute atomic E-state index is 12.8. The fraction of sp³-hybridized carbons (Fsp3) is 0.368. The summed E-state index contributed by atoms with van der Waals surface area (Å²) < 4.78 is 39.1. The molecule has 12 nitrogen and oxygen atoms in total. The molecule has 50 heavy (non-hydrogen) atoms. The average Bonchev–Trinajstić information content (AvgIpc) is 3.10. The average molecular weight is 690 g/mol. The molecule has 0 aliphatic carbocycles. The predicted molar refractivity (Wildman–Crippen MR) is 183 cm³/mol. The Labute approximate surface area is 291 Å². The molecule has 12 heteroatoms. The van der Waals surface area contributed by atoms with Crippen LogP contribution in [0.15, 0.2) is 78.9 Å². The number of likely N-dealkylation sites (N-methyl/N-ethyl adjacent to an activating group) is 1. The van der Waals surface area contributed by atoms with Crippen molar-refractivity contribution in [2.75, 3.05) is 27.3 Å². The van der Waals surface area contributed by atoms with Crippen LogP contribution in [0.4, 0.5) is 0 Å². The van der Waals surface area contributed by atoms with Crippen molar-refractivity contribution in [3.8, 4) is 11.5 Å². The Morgan fingerprint density at radius 1 is 0.700 bits per heavy atom. The fourth-order valence-corrected chi connectivity index (χ4v) is 5.68. The van der Waals surface area contributed by atoms with Crippen LogP contribution >= 0.6 is 0 Å². The van der Waals surface area contributed by atoms with Crippen LogP contribution in [0.25, 0.3) is 11.1 Å². The number of carbonyl (C=O) groups is 4. The van der Waals surface area contributed by atoms with E-state index in [-0.39, 0.29) is 5.75 Å². The smallest absolute Gasteiger partial charge is 0.339 e. The molecule has 0 spiro atoms. The van der Waals surface area contributed by atoms with Gasteiger partial charge < -0.3 is 38.5 Å². The van der Waals surface area contributed by atoms with Gasteiger partial charge in [-0.05, 0) is 65.6 Å². The lowest BCUT2D eigenvalue weighted by Crippen LogP contribution is -2.64. The Balaban J connectivity index is 1.73. The van der Waals surface area contributed by atoms with Gasteiger partial charge in [0.1, 0.15) is 18.1 Å². The number of methoxy groups -OCH3 is 1. The normalized spacial score (nSPS) is 20.5. The third kappa shape index (κ3) is 9.70. The molecule has 5 atom stereocenters. The molecular formula is C38H43NO11. The number of nitrogens with one attached hydrogen (secondary N) is 1. The summed E-state index contributed by atoms with van der Waals surface area (Å²) in [6.45, 7) is 6.76. The molecule has 0 saturated carbocycles. The van der Waals surface area contributed by atoms with Gasteiger partial charge in [0.05, 0.1) is 7.11 Å². The molecule has 0 aromatic heterocycles. The van der Waals surface area contributed by atoms with Crippen molar-refractivity contribution in [3.63, 3.8) is 0 Å². The molecule has 3 aromatic rings. The van der Waals surface area contributed by atoms with Crippen LogP contribution in [0.2, 0.25) is 0 Å². The van der Waals surface area contributed by atoms with Gasteiger partial charge in [0.15, 0.2) is 18.3 Å². The topological polar surface area (TPSA) is 145 Å². The van der Waals surface area contributed by atoms with E-state index in [1.807, 2.05) is 61.6 Å². The minimum absolute atomic E-state index is 0.289. The first-order chi connectivity index (χ1) is 24.1. The molecule has 0 unspecified atom stereocenters. The Bertz CT molecular complexity index is 1640. The number of hydrogen-bond donors (Lipinski definition) is 1. The van der Waals surface area contributed by atoms with Gasteiger partial charge in [-0.2, -0.15) is 0 Å². The molecule has 0 bridgehead atoms. The third-order valence-corrected chi connectivity index (χ3v) is 7.77. The summed E-state index contributed by atoms with van der Waals surface area (Å²) in [5.74, 6) is -2.19. The first-order valence-corrected chi connectivity index (χ1v) is 16.2. The lowest BCUT2D eigenvalue weighted by molar-refractivity contribution is -0.282. The largest absolute Gasteiger partial charge is 0.492 e. The highest BCUT2D eigenvalue weighted by Crippen LogP contribution is 2.37. The van der Waals surface area contributed by atoms with Crippen LogP contribution in [0.5, 0.6) is 11.5 Å². The highest BCUT2D eigenvalue weighted by molar-refractivity contribution is 5.98. The van der Waals surface area contributed by atoms with Crippen molar-refractivity contribution in [2.45, 2.75) is 64.8 Å². The lowest BCUT2D eigenvalue weighted by Gasteiger charge is -2.43. The second-order valence-electron chi connectivity index (χ2n) is 11.4. The SMILES string of the molecule is CC/C(=C(/c1ccc(OCCNC)cc1)c1ccc(O[C@@H]2O[C@H](C(=O)OC)[C@@H](OC(C)=O)[C@H](OC(C)=O)[C@H]2OC(C)=O)cc1)c1ccccc1. The van der Waals surface area contributed by atoms with Crippen LogP contribution in [-0.4, -0.2) is 81.9 Å². The summed E-state index contributed by atoms with van der Waals surface area (Å²) in [7, 11) is 3.00. The number of rotatable bonds is 14. The van der Waals surface area contributed by atoms with Gasteiger partial charge in [0, 0.05) is 27.3 Å². The Kier molecular flexibility index (Phi) is 13.5. The predicted octanol–water partition coefficient (Wildman–Crippen LogP) is 4.73. The van der Waals surface area contributed by atoms with E-state index in [0.29, 0.717) is 6.61 Å². The van der Waals surface area contributed by atoms with Gasteiger partial charge >= 0.3 is 23.9 Å². The Morgan fingerprint density at radius 2 is 1.24 bits per heavy atom. The number of ether oxygens (including phenoxy) is 7. The quantitative estimate of drug-likeness (QED) is 0.108. The number of carbonyl (C=O) groups excluding carboxylic acids is 4. The summed E-state index contributed by atoms with van der Waals surface area (Å²) in [5.41, 5.74) is 5.07. The molecule has 1 heterocycles. The van der Waals surface area contributed by atoms with E-state index in [1.165, 1.54) is 0 Å². The van der Waals surface area contributed by atoms with Crippen LogP contribution in [0, 0.1) is 0 Å². The van der Waals surface area contributed by atoms with E-state index < -0.39 is 54.6 Å². The van der Waals surface area contributed by atoms with Crippen molar-refractivity contribution in [2.24, 2.45) is 0 Å². The van der Waals surface area contributed by atoms with Crippen molar-refractivity contribution in [1.82, 2.24) is 5.32 Å². The van der Waals surface area contributed by atoms with E-state index >= 15 is 0 Å². The maximum atomic E-state index is 12.8. The standard InChI is InChI=1S/C38H43NO11/c1-7-31(26-11-9-8-10-12-26)32(27-13-17-29(18-14-27)45-22-21-39-5)28-15-19-30(20-16-28)49-38-36(48-25(4)42)34(47-24(3)41)33(46-23(2)40)35(50-38)37(43)44-6/h8-20,33-36,38-39H,7,21-22H2,1-6H3/b32-31+/t33-,34-,35-,36+,38+/m0/s1. The minimum Gasteiger partial charge on any atom is -0.492 e. The highest BCUT2D eigenvalue weighted by Gasteiger charge is 2.55. The molecule has 1 aliphatic heterocycles. The summed E-state index contributed by atoms with van der Waals surface area (Å²) in [6.07, 6.45) is -6.66. The fourth-order valence-electron chi connectivity index (χ4n) is 5.68. The van der Waals surface area contributed by atoms with Gasteiger partial charge in [-0.15, -0.1) is 0 Å². The Morgan fingerprint density at radius 3 is 1.76 bits per heavy atom. The van der Waals surface area contributed by atoms with Gasteiger partial charge in [0.2, 0.25) is 12.4 Å². The molecule has 1 N–H and O–H groups in total. The second-order valence-corrected chi connectivity index (χ2v) is 11.4. The van der Waals surface area contributed by atoms with E-state index in [2.05, 4.69) is 24.4 Å². The highest BCUT2D eigenvalue weighted by atomic mass is 16.7. The van der Waals surface area contributed by atoms with Crippen LogP contribution in [0.1, 0.15) is 50.8 Å². The molecule has 266 valence electrons. The molecule has 4 rings (SSSR count). The monoisotopic (exact) mass is 689 g/mol. The molecule has 3 aromatic carbocycles. The second kappa shape index (κ2) is 18.0. The minimum atomic E-state index is -1.57. The third-order valence-electron chi connectivity index (χ3n) is 7.77. The van der Waals surface area contributed by atoms with Gasteiger partial charge in [-0.1, -0.05) is 61.5 Å². The van der Waals surface area contributed by atoms with Crippen molar-refractivity contribution in [3.05, 3.63) is 95.6 Å². The van der Waals surface area contributed by atoms with E-state index in [1.54, 1.807) is 12.1 Å². The van der Waals surface area contributed by atoms with Crippen molar-refractivity contribution in [1.29, 1.82) is 0 Å². The first-order valence-electron chi connectivity index (χ1n) is 16.2. The zero-order chi connectivity index (χ0) is 36.2. The summed E-state index contributed by atoms with van der Waals surface area (Å²) in [4.78, 5) is 49.2. The zero-order valence-corrected chi connectivity index (χ0v) is 29.0.